The lowest BCUT2D eigenvalue weighted by molar-refractivity contribution is -0.126. The number of hydrogen-bond acceptors (Lipinski definition) is 2. The molecule has 0 aliphatic carbocycles. The van der Waals surface area contributed by atoms with Crippen LogP contribution < -0.4 is 11.1 Å². The van der Waals surface area contributed by atoms with Crippen LogP contribution in [0.1, 0.15) is 50.8 Å². The lowest BCUT2D eigenvalue weighted by Crippen LogP contribution is -2.52. The second-order valence-electron chi connectivity index (χ2n) is 5.27. The predicted molar refractivity (Wildman–Crippen MR) is 82.5 cm³/mol. The van der Waals surface area contributed by atoms with Gasteiger partial charge in [0.1, 0.15) is 0 Å². The summed E-state index contributed by atoms with van der Waals surface area (Å²) in [5, 5.41) is 2.98. The first kappa shape index (κ1) is 17.9. The standard InChI is InChI=1S/C15H24N2O.ClH/c1-5-10-15(4,16)14(18)17-12(3)13-8-6-11(2)7-9-13;/h6-9,12H,5,10,16H2,1-4H3,(H,17,18);1H. The summed E-state index contributed by atoms with van der Waals surface area (Å²) in [5.41, 5.74) is 7.54. The second kappa shape index (κ2) is 7.51. The van der Waals surface area contributed by atoms with E-state index >= 15 is 0 Å². The highest BCUT2D eigenvalue weighted by Crippen LogP contribution is 2.15. The number of nitrogens with one attached hydrogen (secondary N) is 1. The molecule has 4 heteroatoms. The molecular weight excluding hydrogens is 260 g/mol. The normalized spacial score (nSPS) is 15.0. The van der Waals surface area contributed by atoms with Gasteiger partial charge in [-0.25, -0.2) is 0 Å². The summed E-state index contributed by atoms with van der Waals surface area (Å²) < 4.78 is 0. The number of rotatable bonds is 5. The Hall–Kier alpha value is -1.06. The molecule has 0 saturated carbocycles. The molecule has 0 aliphatic heterocycles. The highest BCUT2D eigenvalue weighted by atomic mass is 35.5. The van der Waals surface area contributed by atoms with Crippen molar-refractivity contribution in [1.82, 2.24) is 5.32 Å². The van der Waals surface area contributed by atoms with Crippen LogP contribution >= 0.6 is 12.4 Å². The van der Waals surface area contributed by atoms with Gasteiger partial charge in [-0.2, -0.15) is 0 Å². The molecule has 0 radical (unpaired) electrons. The molecule has 0 saturated heterocycles. The summed E-state index contributed by atoms with van der Waals surface area (Å²) in [6, 6.07) is 8.15. The van der Waals surface area contributed by atoms with Gasteiger partial charge < -0.3 is 11.1 Å². The SMILES string of the molecule is CCCC(C)(N)C(=O)NC(C)c1ccc(C)cc1.Cl. The van der Waals surface area contributed by atoms with E-state index in [0.29, 0.717) is 6.42 Å². The van der Waals surface area contributed by atoms with Crippen LogP contribution in [0, 0.1) is 6.92 Å². The Bertz CT molecular complexity index is 401. The topological polar surface area (TPSA) is 55.1 Å². The Balaban J connectivity index is 0.00000324. The number of carbonyl (C=O) groups excluding carboxylic acids is 1. The van der Waals surface area contributed by atoms with Gasteiger partial charge in [-0.05, 0) is 32.8 Å². The number of halogens is 1. The number of hydrogen-bond donors (Lipinski definition) is 2. The fraction of sp³-hybridized carbons (Fsp3) is 0.533. The van der Waals surface area contributed by atoms with E-state index in [1.807, 2.05) is 45.0 Å². The highest BCUT2D eigenvalue weighted by Gasteiger charge is 2.28. The van der Waals surface area contributed by atoms with Gasteiger partial charge in [0.05, 0.1) is 11.6 Å². The highest BCUT2D eigenvalue weighted by molar-refractivity contribution is 5.86. The van der Waals surface area contributed by atoms with E-state index in [4.69, 9.17) is 5.73 Å². The number of aryl methyl sites for hydroxylation is 1. The van der Waals surface area contributed by atoms with E-state index in [0.717, 1.165) is 12.0 Å². The third-order valence-corrected chi connectivity index (χ3v) is 3.21. The van der Waals surface area contributed by atoms with Crippen molar-refractivity contribution in [3.8, 4) is 0 Å². The van der Waals surface area contributed by atoms with Crippen molar-refractivity contribution >= 4 is 18.3 Å². The average Bonchev–Trinajstić information content (AvgIpc) is 2.29. The Morgan fingerprint density at radius 2 is 1.89 bits per heavy atom. The Morgan fingerprint density at radius 3 is 2.37 bits per heavy atom. The quantitative estimate of drug-likeness (QED) is 0.873. The number of carbonyl (C=O) groups is 1. The van der Waals surface area contributed by atoms with Crippen molar-refractivity contribution in [2.24, 2.45) is 5.73 Å². The van der Waals surface area contributed by atoms with Crippen LogP contribution in [-0.4, -0.2) is 11.4 Å². The molecule has 0 fully saturated rings. The molecule has 0 aromatic heterocycles. The molecule has 1 amide bonds. The van der Waals surface area contributed by atoms with E-state index in [-0.39, 0.29) is 24.4 Å². The van der Waals surface area contributed by atoms with Crippen LogP contribution in [0.15, 0.2) is 24.3 Å². The Labute approximate surface area is 122 Å². The largest absolute Gasteiger partial charge is 0.348 e. The van der Waals surface area contributed by atoms with E-state index in [2.05, 4.69) is 5.32 Å². The maximum atomic E-state index is 12.1. The van der Waals surface area contributed by atoms with Gasteiger partial charge in [0.25, 0.3) is 0 Å². The van der Waals surface area contributed by atoms with Crippen molar-refractivity contribution < 1.29 is 4.79 Å². The van der Waals surface area contributed by atoms with Crippen LogP contribution in [0.2, 0.25) is 0 Å². The molecule has 1 aromatic rings. The molecular formula is C15H25ClN2O. The molecule has 1 aromatic carbocycles. The van der Waals surface area contributed by atoms with Crippen LogP contribution in [0.3, 0.4) is 0 Å². The fourth-order valence-electron chi connectivity index (χ4n) is 1.93. The van der Waals surface area contributed by atoms with Gasteiger partial charge >= 0.3 is 0 Å². The minimum atomic E-state index is -0.784. The lowest BCUT2D eigenvalue weighted by Gasteiger charge is -2.25. The molecule has 3 N–H and O–H groups in total. The van der Waals surface area contributed by atoms with Crippen LogP contribution in [-0.2, 0) is 4.79 Å². The first-order valence-electron chi connectivity index (χ1n) is 6.53. The number of nitrogens with two attached hydrogens (primary N) is 1. The lowest BCUT2D eigenvalue weighted by atomic mass is 9.95. The van der Waals surface area contributed by atoms with Gasteiger partial charge in [-0.15, -0.1) is 12.4 Å². The van der Waals surface area contributed by atoms with E-state index in [1.165, 1.54) is 5.56 Å². The van der Waals surface area contributed by atoms with Crippen molar-refractivity contribution in [1.29, 1.82) is 0 Å². The van der Waals surface area contributed by atoms with Gasteiger partial charge in [-0.3, -0.25) is 4.79 Å². The molecule has 0 spiro atoms. The van der Waals surface area contributed by atoms with Gasteiger partial charge in [-0.1, -0.05) is 43.2 Å². The maximum Gasteiger partial charge on any atom is 0.240 e. The summed E-state index contributed by atoms with van der Waals surface area (Å²) in [6.45, 7) is 7.84. The summed E-state index contributed by atoms with van der Waals surface area (Å²) in [5.74, 6) is -0.0857. The zero-order valence-electron chi connectivity index (χ0n) is 12.2. The van der Waals surface area contributed by atoms with Crippen molar-refractivity contribution in [3.63, 3.8) is 0 Å². The summed E-state index contributed by atoms with van der Waals surface area (Å²) in [7, 11) is 0. The summed E-state index contributed by atoms with van der Waals surface area (Å²) in [6.07, 6.45) is 1.60. The van der Waals surface area contributed by atoms with E-state index in [1.54, 1.807) is 6.92 Å². The molecule has 0 bridgehead atoms. The predicted octanol–water partition coefficient (Wildman–Crippen LogP) is 3.11. The van der Waals surface area contributed by atoms with Crippen LogP contribution in [0.5, 0.6) is 0 Å². The van der Waals surface area contributed by atoms with Crippen molar-refractivity contribution in [3.05, 3.63) is 35.4 Å². The van der Waals surface area contributed by atoms with Crippen LogP contribution in [0.4, 0.5) is 0 Å². The minimum Gasteiger partial charge on any atom is -0.348 e. The van der Waals surface area contributed by atoms with Crippen LogP contribution in [0.25, 0.3) is 0 Å². The first-order valence-corrected chi connectivity index (χ1v) is 6.53. The van der Waals surface area contributed by atoms with Crippen molar-refractivity contribution in [2.45, 2.75) is 52.1 Å². The smallest absolute Gasteiger partial charge is 0.240 e. The molecule has 19 heavy (non-hydrogen) atoms. The zero-order valence-corrected chi connectivity index (χ0v) is 13.0. The molecule has 1 rings (SSSR count). The van der Waals surface area contributed by atoms with E-state index < -0.39 is 5.54 Å². The Morgan fingerprint density at radius 1 is 1.37 bits per heavy atom. The average molecular weight is 285 g/mol. The van der Waals surface area contributed by atoms with Crippen molar-refractivity contribution in [2.75, 3.05) is 0 Å². The molecule has 2 unspecified atom stereocenters. The third-order valence-electron chi connectivity index (χ3n) is 3.21. The van der Waals surface area contributed by atoms with E-state index in [9.17, 15) is 4.79 Å². The second-order valence-corrected chi connectivity index (χ2v) is 5.27. The molecule has 0 heterocycles. The fourth-order valence-corrected chi connectivity index (χ4v) is 1.93. The maximum absolute atomic E-state index is 12.1. The summed E-state index contributed by atoms with van der Waals surface area (Å²) in [4.78, 5) is 12.1. The Kier molecular flexibility index (Phi) is 7.09. The first-order chi connectivity index (χ1) is 8.36. The van der Waals surface area contributed by atoms with Gasteiger partial charge in [0.2, 0.25) is 5.91 Å². The van der Waals surface area contributed by atoms with Gasteiger partial charge in [0, 0.05) is 0 Å². The third kappa shape index (κ3) is 5.21. The number of amides is 1. The molecule has 108 valence electrons. The molecule has 0 aliphatic rings. The molecule has 3 nitrogen and oxygen atoms in total. The number of benzene rings is 1. The summed E-state index contributed by atoms with van der Waals surface area (Å²) >= 11 is 0. The van der Waals surface area contributed by atoms with Gasteiger partial charge in [0.15, 0.2) is 0 Å². The zero-order chi connectivity index (χ0) is 13.8. The minimum absolute atomic E-state index is 0. The molecule has 2 atom stereocenters. The monoisotopic (exact) mass is 284 g/mol.